The molecule has 3 heterocycles. The SMILES string of the molecule is Cc1cc(CCc2ccccc2)oc(=O)c1C(=O)N[C@@H]1C[C@@H]2CC[C@H]1O2. The van der Waals surface area contributed by atoms with Gasteiger partial charge in [0.25, 0.3) is 5.91 Å². The molecule has 0 aliphatic carbocycles. The number of hydrogen-bond acceptors (Lipinski definition) is 4. The minimum absolute atomic E-state index is 0.00203. The van der Waals surface area contributed by atoms with Crippen LogP contribution in [0, 0.1) is 6.92 Å². The summed E-state index contributed by atoms with van der Waals surface area (Å²) in [7, 11) is 0. The molecule has 1 aromatic carbocycles. The second-order valence-corrected chi connectivity index (χ2v) is 7.23. The Hall–Kier alpha value is -2.40. The Bertz CT molecular complexity index is 858. The molecule has 26 heavy (non-hydrogen) atoms. The van der Waals surface area contributed by atoms with Gasteiger partial charge in [-0.05, 0) is 49.8 Å². The Balaban J connectivity index is 1.45. The van der Waals surface area contributed by atoms with Crippen LogP contribution < -0.4 is 10.9 Å². The number of rotatable bonds is 5. The van der Waals surface area contributed by atoms with Crippen molar-refractivity contribution in [2.24, 2.45) is 0 Å². The van der Waals surface area contributed by atoms with Crippen molar-refractivity contribution in [3.05, 3.63) is 69.3 Å². The monoisotopic (exact) mass is 353 g/mol. The molecular formula is C21H23NO4. The summed E-state index contributed by atoms with van der Waals surface area (Å²) < 4.78 is 11.2. The van der Waals surface area contributed by atoms with Crippen LogP contribution in [0.25, 0.3) is 0 Å². The van der Waals surface area contributed by atoms with Gasteiger partial charge in [-0.15, -0.1) is 0 Å². The number of hydrogen-bond donors (Lipinski definition) is 1. The van der Waals surface area contributed by atoms with Crippen molar-refractivity contribution in [1.29, 1.82) is 0 Å². The Kier molecular flexibility index (Phi) is 4.64. The van der Waals surface area contributed by atoms with Gasteiger partial charge in [0.1, 0.15) is 11.3 Å². The molecule has 0 spiro atoms. The molecule has 2 aromatic rings. The zero-order valence-corrected chi connectivity index (χ0v) is 14.9. The summed E-state index contributed by atoms with van der Waals surface area (Å²) in [5.74, 6) is 0.253. The van der Waals surface area contributed by atoms with E-state index in [1.54, 1.807) is 13.0 Å². The molecule has 5 nitrogen and oxygen atoms in total. The number of benzene rings is 1. The van der Waals surface area contributed by atoms with Gasteiger partial charge in [0.15, 0.2) is 0 Å². The van der Waals surface area contributed by atoms with E-state index < -0.39 is 5.63 Å². The fraction of sp³-hybridized carbons (Fsp3) is 0.429. The molecule has 1 amide bonds. The second kappa shape index (κ2) is 7.08. The summed E-state index contributed by atoms with van der Waals surface area (Å²) in [6.45, 7) is 1.79. The molecule has 2 aliphatic rings. The molecule has 4 rings (SSSR count). The first-order chi connectivity index (χ1) is 12.6. The van der Waals surface area contributed by atoms with E-state index in [-0.39, 0.29) is 29.7 Å². The van der Waals surface area contributed by atoms with E-state index in [9.17, 15) is 9.59 Å². The summed E-state index contributed by atoms with van der Waals surface area (Å²) in [5, 5.41) is 2.96. The van der Waals surface area contributed by atoms with Crippen LogP contribution in [0.1, 0.15) is 46.5 Å². The van der Waals surface area contributed by atoms with Crippen molar-refractivity contribution in [2.45, 2.75) is 57.3 Å². The highest BCUT2D eigenvalue weighted by Crippen LogP contribution is 2.34. The molecule has 1 N–H and O–H groups in total. The van der Waals surface area contributed by atoms with Gasteiger partial charge in [-0.2, -0.15) is 0 Å². The molecule has 3 atom stereocenters. The third kappa shape index (κ3) is 3.44. The molecule has 0 radical (unpaired) electrons. The summed E-state index contributed by atoms with van der Waals surface area (Å²) in [4.78, 5) is 25.0. The van der Waals surface area contributed by atoms with Crippen molar-refractivity contribution >= 4 is 5.91 Å². The maximum absolute atomic E-state index is 12.6. The highest BCUT2D eigenvalue weighted by Gasteiger charge is 2.41. The van der Waals surface area contributed by atoms with E-state index >= 15 is 0 Å². The molecule has 2 bridgehead atoms. The minimum atomic E-state index is -0.561. The van der Waals surface area contributed by atoms with Crippen molar-refractivity contribution in [3.63, 3.8) is 0 Å². The first-order valence-corrected chi connectivity index (χ1v) is 9.24. The molecule has 5 heteroatoms. The van der Waals surface area contributed by atoms with Gasteiger partial charge in [0.2, 0.25) is 0 Å². The number of carbonyl (C=O) groups excluding carboxylic acids is 1. The van der Waals surface area contributed by atoms with Gasteiger partial charge in [0.05, 0.1) is 18.2 Å². The maximum atomic E-state index is 12.6. The van der Waals surface area contributed by atoms with Crippen molar-refractivity contribution < 1.29 is 13.9 Å². The summed E-state index contributed by atoms with van der Waals surface area (Å²) >= 11 is 0. The van der Waals surface area contributed by atoms with Crippen LogP contribution in [0.3, 0.4) is 0 Å². The van der Waals surface area contributed by atoms with Crippen molar-refractivity contribution in [3.8, 4) is 0 Å². The lowest BCUT2D eigenvalue weighted by Crippen LogP contribution is -2.43. The van der Waals surface area contributed by atoms with E-state index in [0.717, 1.165) is 25.7 Å². The number of nitrogens with one attached hydrogen (secondary N) is 1. The van der Waals surface area contributed by atoms with Crippen LogP contribution >= 0.6 is 0 Å². The number of amides is 1. The molecule has 2 aliphatic heterocycles. The lowest BCUT2D eigenvalue weighted by molar-refractivity contribution is 0.0837. The van der Waals surface area contributed by atoms with Crippen LogP contribution in [-0.2, 0) is 17.6 Å². The van der Waals surface area contributed by atoms with E-state index in [4.69, 9.17) is 9.15 Å². The van der Waals surface area contributed by atoms with E-state index in [1.807, 2.05) is 30.3 Å². The average molecular weight is 353 g/mol. The van der Waals surface area contributed by atoms with E-state index in [0.29, 0.717) is 17.7 Å². The fourth-order valence-electron chi connectivity index (χ4n) is 4.01. The van der Waals surface area contributed by atoms with Crippen LogP contribution in [0.2, 0.25) is 0 Å². The summed E-state index contributed by atoms with van der Waals surface area (Å²) in [6.07, 6.45) is 4.62. The molecule has 136 valence electrons. The molecule has 0 unspecified atom stereocenters. The van der Waals surface area contributed by atoms with Gasteiger partial charge in [-0.25, -0.2) is 4.79 Å². The number of carbonyl (C=O) groups is 1. The number of fused-ring (bicyclic) bond motifs is 2. The number of aryl methyl sites for hydroxylation is 3. The zero-order chi connectivity index (χ0) is 18.1. The van der Waals surface area contributed by atoms with Crippen molar-refractivity contribution in [1.82, 2.24) is 5.32 Å². The third-order valence-electron chi connectivity index (χ3n) is 5.35. The van der Waals surface area contributed by atoms with Crippen LogP contribution in [0.15, 0.2) is 45.6 Å². The first-order valence-electron chi connectivity index (χ1n) is 9.24. The van der Waals surface area contributed by atoms with Gasteiger partial charge >= 0.3 is 5.63 Å². The van der Waals surface area contributed by atoms with Gasteiger partial charge in [0, 0.05) is 6.42 Å². The largest absolute Gasteiger partial charge is 0.427 e. The van der Waals surface area contributed by atoms with Gasteiger partial charge in [-0.1, -0.05) is 30.3 Å². The van der Waals surface area contributed by atoms with Crippen molar-refractivity contribution in [2.75, 3.05) is 0 Å². The third-order valence-corrected chi connectivity index (χ3v) is 5.35. The van der Waals surface area contributed by atoms with Crippen LogP contribution in [-0.4, -0.2) is 24.2 Å². The maximum Gasteiger partial charge on any atom is 0.349 e. The molecule has 2 saturated heterocycles. The average Bonchev–Trinajstić information content (AvgIpc) is 3.23. The Labute approximate surface area is 152 Å². The molecule has 1 aromatic heterocycles. The highest BCUT2D eigenvalue weighted by molar-refractivity contribution is 5.95. The normalized spacial score (nSPS) is 24.0. The smallest absolute Gasteiger partial charge is 0.349 e. The van der Waals surface area contributed by atoms with Crippen LogP contribution in [0.5, 0.6) is 0 Å². The molecule has 2 fully saturated rings. The molecular weight excluding hydrogens is 330 g/mol. The lowest BCUT2D eigenvalue weighted by atomic mass is 9.95. The fourth-order valence-corrected chi connectivity index (χ4v) is 4.01. The van der Waals surface area contributed by atoms with E-state index in [2.05, 4.69) is 5.32 Å². The van der Waals surface area contributed by atoms with Gasteiger partial charge in [-0.3, -0.25) is 4.79 Å². The number of ether oxygens (including phenoxy) is 1. The predicted molar refractivity (Wildman–Crippen MR) is 97.3 cm³/mol. The Morgan fingerprint density at radius 2 is 2.00 bits per heavy atom. The summed E-state index contributed by atoms with van der Waals surface area (Å²) in [6, 6.07) is 11.8. The standard InChI is InChI=1S/C21H23NO4/c1-13-11-15(8-7-14-5-3-2-4-6-14)26-21(24)19(13)20(23)22-17-12-16-9-10-18(17)25-16/h2-6,11,16-18H,7-10,12H2,1H3,(H,22,23)/t16-,17+,18+/m0/s1. The lowest BCUT2D eigenvalue weighted by Gasteiger charge is -2.20. The topological polar surface area (TPSA) is 68.5 Å². The quantitative estimate of drug-likeness (QED) is 0.897. The second-order valence-electron chi connectivity index (χ2n) is 7.23. The van der Waals surface area contributed by atoms with Gasteiger partial charge < -0.3 is 14.5 Å². The summed E-state index contributed by atoms with van der Waals surface area (Å²) in [5.41, 5.74) is 1.39. The van der Waals surface area contributed by atoms with E-state index in [1.165, 1.54) is 5.56 Å². The highest BCUT2D eigenvalue weighted by atomic mass is 16.5. The van der Waals surface area contributed by atoms with Crippen LogP contribution in [0.4, 0.5) is 0 Å². The predicted octanol–water partition coefficient (Wildman–Crippen LogP) is 2.78. The Morgan fingerprint density at radius 1 is 1.19 bits per heavy atom. The first kappa shape index (κ1) is 17.0. The zero-order valence-electron chi connectivity index (χ0n) is 14.9. The Morgan fingerprint density at radius 3 is 2.65 bits per heavy atom. The minimum Gasteiger partial charge on any atom is -0.427 e. The molecule has 0 saturated carbocycles.